The van der Waals surface area contributed by atoms with Gasteiger partial charge in [0.1, 0.15) is 23.1 Å². The number of methoxy groups -OCH3 is 1. The summed E-state index contributed by atoms with van der Waals surface area (Å²) < 4.78 is 16.5. The van der Waals surface area contributed by atoms with Crippen molar-refractivity contribution in [3.63, 3.8) is 0 Å². The Morgan fingerprint density at radius 2 is 1.43 bits per heavy atom. The lowest BCUT2D eigenvalue weighted by atomic mass is 9.94. The van der Waals surface area contributed by atoms with Crippen molar-refractivity contribution in [3.05, 3.63) is 84.4 Å². The molecule has 0 spiro atoms. The van der Waals surface area contributed by atoms with Crippen LogP contribution < -0.4 is 10.1 Å². The summed E-state index contributed by atoms with van der Waals surface area (Å²) in [6, 6.07) is 25.5. The van der Waals surface area contributed by atoms with E-state index in [9.17, 15) is 9.59 Å². The second-order valence-electron chi connectivity index (χ2n) is 10.1. The van der Waals surface area contributed by atoms with Crippen LogP contribution in [0.1, 0.15) is 26.3 Å². The minimum atomic E-state index is -0.871. The van der Waals surface area contributed by atoms with E-state index in [0.717, 1.165) is 16.7 Å². The van der Waals surface area contributed by atoms with Gasteiger partial charge in [0, 0.05) is 17.2 Å². The second kappa shape index (κ2) is 9.62. The highest BCUT2D eigenvalue weighted by molar-refractivity contribution is 6.24. The number of esters is 1. The van der Waals surface area contributed by atoms with Crippen LogP contribution in [0.5, 0.6) is 11.5 Å². The molecule has 5 rings (SSSR count). The number of rotatable bonds is 6. The Morgan fingerprint density at radius 1 is 0.811 bits per heavy atom. The monoisotopic (exact) mass is 495 g/mol. The highest BCUT2D eigenvalue weighted by Gasteiger charge is 2.25. The molecule has 5 aromatic carbocycles. The van der Waals surface area contributed by atoms with Crippen molar-refractivity contribution in [3.8, 4) is 11.5 Å². The number of ether oxygens (including phenoxy) is 3. The number of carbonyl (C=O) groups excluding carboxylic acids is 2. The number of hydrogen-bond acceptors (Lipinski definition) is 5. The van der Waals surface area contributed by atoms with Gasteiger partial charge in [0.15, 0.2) is 0 Å². The van der Waals surface area contributed by atoms with E-state index in [1.165, 1.54) is 34.0 Å². The first-order chi connectivity index (χ1) is 17.7. The molecular weight excluding hydrogens is 466 g/mol. The Kier molecular flexibility index (Phi) is 6.34. The van der Waals surface area contributed by atoms with Crippen molar-refractivity contribution < 1.29 is 23.8 Å². The molecule has 6 heteroatoms. The highest BCUT2D eigenvalue weighted by Crippen LogP contribution is 2.39. The molecule has 0 saturated carbocycles. The van der Waals surface area contributed by atoms with Crippen LogP contribution in [0.4, 0.5) is 4.79 Å². The Morgan fingerprint density at radius 3 is 2.08 bits per heavy atom. The molecule has 0 aliphatic heterocycles. The van der Waals surface area contributed by atoms with Gasteiger partial charge in [-0.1, -0.05) is 54.6 Å². The molecule has 0 heterocycles. The number of nitrogens with one attached hydrogen (secondary N) is 1. The van der Waals surface area contributed by atoms with Crippen molar-refractivity contribution >= 4 is 44.4 Å². The summed E-state index contributed by atoms with van der Waals surface area (Å²) in [4.78, 5) is 24.5. The molecule has 1 amide bonds. The molecule has 0 aromatic heterocycles. The number of carbonyl (C=O) groups is 2. The van der Waals surface area contributed by atoms with Crippen LogP contribution in [0.15, 0.2) is 78.9 Å². The standard InChI is InChI=1S/C31H29NO5/c1-31(2,3)37-30(34)32-25(29(33)35-4)18-19-8-14-23(15-9-19)36-26-17-13-22-11-10-20-6-5-7-21-12-16-24(26)28(22)27(20)21/h5-17,25H,18H2,1-4H3,(H,32,34)/t25-/m0/s1. The lowest BCUT2D eigenvalue weighted by molar-refractivity contribution is -0.143. The van der Waals surface area contributed by atoms with Gasteiger partial charge >= 0.3 is 12.1 Å². The zero-order chi connectivity index (χ0) is 26.2. The fraction of sp³-hybridized carbons (Fsp3) is 0.226. The van der Waals surface area contributed by atoms with Crippen molar-refractivity contribution in [1.82, 2.24) is 5.32 Å². The van der Waals surface area contributed by atoms with Crippen LogP contribution in [0.25, 0.3) is 32.3 Å². The van der Waals surface area contributed by atoms with Crippen molar-refractivity contribution in [1.29, 1.82) is 0 Å². The average molecular weight is 496 g/mol. The lowest BCUT2D eigenvalue weighted by Gasteiger charge is -2.22. The van der Waals surface area contributed by atoms with Crippen molar-refractivity contribution in [2.24, 2.45) is 0 Å². The van der Waals surface area contributed by atoms with Crippen LogP contribution in [0, 0.1) is 0 Å². The molecule has 6 nitrogen and oxygen atoms in total. The zero-order valence-electron chi connectivity index (χ0n) is 21.3. The van der Waals surface area contributed by atoms with Gasteiger partial charge in [-0.05, 0) is 72.1 Å². The van der Waals surface area contributed by atoms with Gasteiger partial charge in [-0.25, -0.2) is 9.59 Å². The average Bonchev–Trinajstić information content (AvgIpc) is 2.87. The number of benzene rings is 5. The first-order valence-electron chi connectivity index (χ1n) is 12.2. The van der Waals surface area contributed by atoms with Crippen molar-refractivity contribution in [2.75, 3.05) is 7.11 Å². The van der Waals surface area contributed by atoms with Gasteiger partial charge in [-0.3, -0.25) is 0 Å². The Balaban J connectivity index is 1.37. The predicted octanol–water partition coefficient (Wildman–Crippen LogP) is 6.99. The zero-order valence-corrected chi connectivity index (χ0v) is 21.3. The maximum Gasteiger partial charge on any atom is 0.408 e. The van der Waals surface area contributed by atoms with Gasteiger partial charge in [0.25, 0.3) is 0 Å². The van der Waals surface area contributed by atoms with Crippen LogP contribution >= 0.6 is 0 Å². The molecule has 5 aromatic rings. The molecule has 1 N–H and O–H groups in total. The Labute approximate surface area is 215 Å². The number of hydrogen-bond donors (Lipinski definition) is 1. The summed E-state index contributed by atoms with van der Waals surface area (Å²) in [7, 11) is 1.29. The molecule has 0 bridgehead atoms. The smallest absolute Gasteiger partial charge is 0.408 e. The topological polar surface area (TPSA) is 73.9 Å². The predicted molar refractivity (Wildman–Crippen MR) is 146 cm³/mol. The molecule has 0 saturated heterocycles. The molecule has 188 valence electrons. The first kappa shape index (κ1) is 24.4. The summed E-state index contributed by atoms with van der Waals surface area (Å²) in [6.45, 7) is 5.29. The van der Waals surface area contributed by atoms with E-state index in [0.29, 0.717) is 5.75 Å². The fourth-order valence-corrected chi connectivity index (χ4v) is 4.64. The quantitative estimate of drug-likeness (QED) is 0.203. The minimum Gasteiger partial charge on any atom is -0.467 e. The third kappa shape index (κ3) is 5.14. The molecular formula is C31H29NO5. The third-order valence-corrected chi connectivity index (χ3v) is 6.26. The molecule has 0 fully saturated rings. The van der Waals surface area contributed by atoms with E-state index in [1.807, 2.05) is 30.3 Å². The maximum atomic E-state index is 12.3. The third-order valence-electron chi connectivity index (χ3n) is 6.26. The van der Waals surface area contributed by atoms with Crippen LogP contribution in [0.2, 0.25) is 0 Å². The first-order valence-corrected chi connectivity index (χ1v) is 12.2. The van der Waals surface area contributed by atoms with E-state index in [2.05, 4.69) is 53.8 Å². The summed E-state index contributed by atoms with van der Waals surface area (Å²) in [6.07, 6.45) is -0.415. The van der Waals surface area contributed by atoms with Gasteiger partial charge in [-0.15, -0.1) is 0 Å². The van der Waals surface area contributed by atoms with E-state index < -0.39 is 23.7 Å². The van der Waals surface area contributed by atoms with Gasteiger partial charge in [0.2, 0.25) is 0 Å². The van der Waals surface area contributed by atoms with Crippen LogP contribution in [-0.4, -0.2) is 30.8 Å². The van der Waals surface area contributed by atoms with Crippen molar-refractivity contribution in [2.45, 2.75) is 38.8 Å². The highest BCUT2D eigenvalue weighted by atomic mass is 16.6. The summed E-state index contributed by atoms with van der Waals surface area (Å²) in [5.41, 5.74) is 0.170. The Hall–Kier alpha value is -4.32. The molecule has 0 unspecified atom stereocenters. The maximum absolute atomic E-state index is 12.3. The van der Waals surface area contributed by atoms with Crippen LogP contribution in [0.3, 0.4) is 0 Å². The summed E-state index contributed by atoms with van der Waals surface area (Å²) in [5.74, 6) is 0.908. The number of amides is 1. The Bertz CT molecular complexity index is 1570. The minimum absolute atomic E-state index is 0.255. The van der Waals surface area contributed by atoms with Gasteiger partial charge in [-0.2, -0.15) is 0 Å². The summed E-state index contributed by atoms with van der Waals surface area (Å²) >= 11 is 0. The van der Waals surface area contributed by atoms with Crippen LogP contribution in [-0.2, 0) is 20.7 Å². The largest absolute Gasteiger partial charge is 0.467 e. The SMILES string of the molecule is COC(=O)[C@H](Cc1ccc(Oc2ccc3ccc4cccc5ccc2c3c45)cc1)NC(=O)OC(C)(C)C. The van der Waals surface area contributed by atoms with E-state index in [-0.39, 0.29) is 6.42 Å². The fourth-order valence-electron chi connectivity index (χ4n) is 4.64. The molecule has 0 aliphatic rings. The van der Waals surface area contributed by atoms with Gasteiger partial charge in [0.05, 0.1) is 7.11 Å². The normalized spacial score (nSPS) is 12.5. The summed E-state index contributed by atoms with van der Waals surface area (Å²) in [5, 5.41) is 9.68. The van der Waals surface area contributed by atoms with E-state index >= 15 is 0 Å². The molecule has 1 atom stereocenters. The second-order valence-corrected chi connectivity index (χ2v) is 10.1. The molecule has 37 heavy (non-hydrogen) atoms. The molecule has 0 radical (unpaired) electrons. The molecule has 0 aliphatic carbocycles. The van der Waals surface area contributed by atoms with Gasteiger partial charge < -0.3 is 19.5 Å². The lowest BCUT2D eigenvalue weighted by Crippen LogP contribution is -2.45. The van der Waals surface area contributed by atoms with E-state index in [4.69, 9.17) is 14.2 Å². The number of alkyl carbamates (subject to hydrolysis) is 1. The van der Waals surface area contributed by atoms with E-state index in [1.54, 1.807) is 20.8 Å².